The van der Waals surface area contributed by atoms with Gasteiger partial charge in [0.2, 0.25) is 0 Å². The van der Waals surface area contributed by atoms with Crippen molar-refractivity contribution >= 4 is 0 Å². The first-order valence-corrected chi connectivity index (χ1v) is 9.29. The first-order valence-electron chi connectivity index (χ1n) is 9.29. The predicted octanol–water partition coefficient (Wildman–Crippen LogP) is 3.23. The lowest BCUT2D eigenvalue weighted by Crippen LogP contribution is -2.35. The number of likely N-dealkylation sites (tertiary alicyclic amines) is 1. The van der Waals surface area contributed by atoms with Crippen LogP contribution in [0.4, 0.5) is 0 Å². The van der Waals surface area contributed by atoms with Crippen LogP contribution in [-0.4, -0.2) is 40.9 Å². The van der Waals surface area contributed by atoms with Crippen LogP contribution in [0.25, 0.3) is 0 Å². The Labute approximate surface area is 151 Å². The summed E-state index contributed by atoms with van der Waals surface area (Å²) < 4.78 is 8.17. The van der Waals surface area contributed by atoms with Crippen molar-refractivity contribution in [3.63, 3.8) is 0 Å². The monoisotopic (exact) mass is 342 g/mol. The molecule has 1 aromatic carbocycles. The van der Waals surface area contributed by atoms with E-state index in [0.29, 0.717) is 12.1 Å². The second kappa shape index (κ2) is 8.50. The number of benzene rings is 1. The smallest absolute Gasteiger partial charge is 0.119 e. The molecule has 1 saturated heterocycles. The molecule has 1 aliphatic heterocycles. The standard InChI is InChI=1S/C20H30N4O/c1-16(2)24-18(8-11-22-24)15-21-14-17-4-6-19(7-5-17)25-20-9-12-23(3)13-10-20/h4-8,11,16,20-21H,9-10,12-15H2,1-3H3. The molecule has 5 heteroatoms. The molecule has 0 bridgehead atoms. The summed E-state index contributed by atoms with van der Waals surface area (Å²) in [7, 11) is 2.17. The topological polar surface area (TPSA) is 42.3 Å². The Morgan fingerprint density at radius 1 is 1.12 bits per heavy atom. The minimum atomic E-state index is 0.358. The van der Waals surface area contributed by atoms with Crippen LogP contribution in [-0.2, 0) is 13.1 Å². The highest BCUT2D eigenvalue weighted by atomic mass is 16.5. The van der Waals surface area contributed by atoms with Crippen molar-refractivity contribution < 1.29 is 4.74 Å². The quantitative estimate of drug-likeness (QED) is 0.839. The number of ether oxygens (including phenoxy) is 1. The molecule has 25 heavy (non-hydrogen) atoms. The number of piperidine rings is 1. The van der Waals surface area contributed by atoms with Gasteiger partial charge in [-0.05, 0) is 57.5 Å². The summed E-state index contributed by atoms with van der Waals surface area (Å²) in [6.07, 6.45) is 4.45. The molecule has 1 N–H and O–H groups in total. The Morgan fingerprint density at radius 2 is 1.84 bits per heavy atom. The van der Waals surface area contributed by atoms with E-state index in [0.717, 1.165) is 44.8 Å². The summed E-state index contributed by atoms with van der Waals surface area (Å²) in [6, 6.07) is 10.9. The average Bonchev–Trinajstić information content (AvgIpc) is 3.07. The molecule has 0 saturated carbocycles. The van der Waals surface area contributed by atoms with Crippen LogP contribution in [0.15, 0.2) is 36.5 Å². The number of nitrogens with zero attached hydrogens (tertiary/aromatic N) is 3. The van der Waals surface area contributed by atoms with Gasteiger partial charge in [0.1, 0.15) is 11.9 Å². The molecule has 1 fully saturated rings. The van der Waals surface area contributed by atoms with E-state index in [9.17, 15) is 0 Å². The van der Waals surface area contributed by atoms with Crippen molar-refractivity contribution in [3.05, 3.63) is 47.8 Å². The third-order valence-electron chi connectivity index (χ3n) is 4.77. The lowest BCUT2D eigenvalue weighted by atomic mass is 10.1. The van der Waals surface area contributed by atoms with Gasteiger partial charge in [0.15, 0.2) is 0 Å². The molecular weight excluding hydrogens is 312 g/mol. The molecule has 1 aromatic heterocycles. The van der Waals surface area contributed by atoms with Gasteiger partial charge in [-0.3, -0.25) is 4.68 Å². The first kappa shape index (κ1) is 18.0. The van der Waals surface area contributed by atoms with E-state index in [4.69, 9.17) is 4.74 Å². The number of hydrogen-bond acceptors (Lipinski definition) is 4. The van der Waals surface area contributed by atoms with Crippen molar-refractivity contribution in [1.29, 1.82) is 0 Å². The van der Waals surface area contributed by atoms with Crippen LogP contribution in [0.2, 0.25) is 0 Å². The zero-order valence-electron chi connectivity index (χ0n) is 15.6. The molecular formula is C20H30N4O. The van der Waals surface area contributed by atoms with E-state index >= 15 is 0 Å². The normalized spacial score (nSPS) is 16.5. The highest BCUT2D eigenvalue weighted by Crippen LogP contribution is 2.19. The zero-order valence-corrected chi connectivity index (χ0v) is 15.6. The van der Waals surface area contributed by atoms with E-state index in [1.807, 2.05) is 6.20 Å². The minimum Gasteiger partial charge on any atom is -0.490 e. The molecule has 0 aliphatic carbocycles. The van der Waals surface area contributed by atoms with Gasteiger partial charge >= 0.3 is 0 Å². The van der Waals surface area contributed by atoms with Crippen LogP contribution in [0.1, 0.15) is 44.0 Å². The molecule has 0 amide bonds. The number of hydrogen-bond donors (Lipinski definition) is 1. The Morgan fingerprint density at radius 3 is 2.52 bits per heavy atom. The molecule has 0 radical (unpaired) electrons. The Bertz CT molecular complexity index is 642. The fourth-order valence-electron chi connectivity index (χ4n) is 3.26. The van der Waals surface area contributed by atoms with E-state index in [-0.39, 0.29) is 0 Å². The summed E-state index contributed by atoms with van der Waals surface area (Å²) in [5.41, 5.74) is 2.49. The summed E-state index contributed by atoms with van der Waals surface area (Å²) >= 11 is 0. The van der Waals surface area contributed by atoms with E-state index in [1.54, 1.807) is 0 Å². The zero-order chi connectivity index (χ0) is 17.6. The van der Waals surface area contributed by atoms with Gasteiger partial charge in [-0.1, -0.05) is 12.1 Å². The predicted molar refractivity (Wildman–Crippen MR) is 101 cm³/mol. The van der Waals surface area contributed by atoms with E-state index in [2.05, 4.69) is 71.2 Å². The van der Waals surface area contributed by atoms with Crippen molar-refractivity contribution in [2.75, 3.05) is 20.1 Å². The van der Waals surface area contributed by atoms with Gasteiger partial charge in [0.05, 0.1) is 5.69 Å². The van der Waals surface area contributed by atoms with Gasteiger partial charge in [-0.15, -0.1) is 0 Å². The van der Waals surface area contributed by atoms with Gasteiger partial charge < -0.3 is 15.0 Å². The summed E-state index contributed by atoms with van der Waals surface area (Å²) in [5.74, 6) is 0.983. The van der Waals surface area contributed by atoms with Crippen molar-refractivity contribution in [1.82, 2.24) is 20.0 Å². The molecule has 1 aliphatic rings. The molecule has 0 unspecified atom stereocenters. The molecule has 2 aromatic rings. The maximum atomic E-state index is 6.11. The minimum absolute atomic E-state index is 0.358. The SMILES string of the molecule is CC(C)n1nccc1CNCc1ccc(OC2CCN(C)CC2)cc1. The third kappa shape index (κ3) is 5.06. The number of nitrogens with one attached hydrogen (secondary N) is 1. The number of rotatable bonds is 7. The highest BCUT2D eigenvalue weighted by Gasteiger charge is 2.17. The third-order valence-corrected chi connectivity index (χ3v) is 4.77. The largest absolute Gasteiger partial charge is 0.490 e. The van der Waals surface area contributed by atoms with Gasteiger partial charge in [-0.2, -0.15) is 5.10 Å². The maximum absolute atomic E-state index is 6.11. The molecule has 5 nitrogen and oxygen atoms in total. The lowest BCUT2D eigenvalue weighted by molar-refractivity contribution is 0.114. The Kier molecular flexibility index (Phi) is 6.10. The fraction of sp³-hybridized carbons (Fsp3) is 0.550. The van der Waals surface area contributed by atoms with Gasteiger partial charge in [-0.25, -0.2) is 0 Å². The number of aromatic nitrogens is 2. The van der Waals surface area contributed by atoms with E-state index in [1.165, 1.54) is 11.3 Å². The van der Waals surface area contributed by atoms with Gasteiger partial charge in [0.25, 0.3) is 0 Å². The second-order valence-corrected chi connectivity index (χ2v) is 7.23. The summed E-state index contributed by atoms with van der Waals surface area (Å²) in [4.78, 5) is 2.36. The maximum Gasteiger partial charge on any atom is 0.119 e. The van der Waals surface area contributed by atoms with Crippen LogP contribution in [0.5, 0.6) is 5.75 Å². The highest BCUT2D eigenvalue weighted by molar-refractivity contribution is 5.27. The fourth-order valence-corrected chi connectivity index (χ4v) is 3.26. The molecule has 2 heterocycles. The lowest BCUT2D eigenvalue weighted by Gasteiger charge is -2.29. The van der Waals surface area contributed by atoms with E-state index < -0.39 is 0 Å². The summed E-state index contributed by atoms with van der Waals surface area (Å²) in [5, 5.41) is 7.87. The molecule has 3 rings (SSSR count). The Hall–Kier alpha value is -1.85. The van der Waals surface area contributed by atoms with Crippen LogP contribution in [0.3, 0.4) is 0 Å². The molecule has 0 atom stereocenters. The van der Waals surface area contributed by atoms with Crippen molar-refractivity contribution in [2.45, 2.75) is 51.9 Å². The van der Waals surface area contributed by atoms with Gasteiger partial charge in [0, 0.05) is 38.4 Å². The van der Waals surface area contributed by atoms with Crippen LogP contribution >= 0.6 is 0 Å². The average molecular weight is 342 g/mol. The molecule has 0 spiro atoms. The van der Waals surface area contributed by atoms with Crippen LogP contribution < -0.4 is 10.1 Å². The Balaban J connectivity index is 1.45. The van der Waals surface area contributed by atoms with Crippen molar-refractivity contribution in [3.8, 4) is 5.75 Å². The second-order valence-electron chi connectivity index (χ2n) is 7.23. The summed E-state index contributed by atoms with van der Waals surface area (Å²) in [6.45, 7) is 8.22. The first-order chi connectivity index (χ1) is 12.1. The molecule has 136 valence electrons. The van der Waals surface area contributed by atoms with Crippen LogP contribution in [0, 0.1) is 0 Å². The van der Waals surface area contributed by atoms with Crippen molar-refractivity contribution in [2.24, 2.45) is 0 Å².